The molecule has 3 heterocycles. The van der Waals surface area contributed by atoms with E-state index in [0.29, 0.717) is 37.5 Å². The van der Waals surface area contributed by atoms with Crippen molar-refractivity contribution in [2.45, 2.75) is 19.0 Å². The molecule has 3 aromatic rings. The second-order valence-corrected chi connectivity index (χ2v) is 7.76. The Labute approximate surface area is 185 Å². The third kappa shape index (κ3) is 4.38. The quantitative estimate of drug-likeness (QED) is 0.552. The Morgan fingerprint density at radius 2 is 1.91 bits per heavy atom. The number of nitrogens with zero attached hydrogens (tertiary/aromatic N) is 4. The van der Waals surface area contributed by atoms with Crippen LogP contribution in [0.4, 0.5) is 5.82 Å². The highest BCUT2D eigenvalue weighted by molar-refractivity contribution is 5.90. The number of aliphatic carboxylic acids is 2. The van der Waals surface area contributed by atoms with Gasteiger partial charge >= 0.3 is 11.9 Å². The molecule has 1 aliphatic rings. The van der Waals surface area contributed by atoms with Crippen molar-refractivity contribution in [2.75, 3.05) is 38.2 Å². The number of piperazine rings is 1. The number of carboxylic acids is 2. The molecule has 1 saturated heterocycles. The minimum Gasteiger partial charge on any atom is -0.497 e. The molecule has 0 radical (unpaired) electrons. The van der Waals surface area contributed by atoms with Gasteiger partial charge in [-0.15, -0.1) is 0 Å². The lowest BCUT2D eigenvalue weighted by atomic mass is 10.0. The summed E-state index contributed by atoms with van der Waals surface area (Å²) in [5.74, 6) is -0.327. The smallest absolute Gasteiger partial charge is 0.325 e. The Morgan fingerprint density at radius 1 is 1.12 bits per heavy atom. The Balaban J connectivity index is 1.65. The van der Waals surface area contributed by atoms with E-state index in [4.69, 9.17) is 9.84 Å². The summed E-state index contributed by atoms with van der Waals surface area (Å²) in [5.41, 5.74) is 1.43. The lowest BCUT2D eigenvalue weighted by Crippen LogP contribution is -2.49. The average molecular weight is 438 g/mol. The first kappa shape index (κ1) is 21.6. The molecule has 0 aliphatic carbocycles. The van der Waals surface area contributed by atoms with Crippen LogP contribution in [0.25, 0.3) is 10.9 Å². The highest BCUT2D eigenvalue weighted by Crippen LogP contribution is 2.34. The van der Waals surface area contributed by atoms with Gasteiger partial charge in [-0.1, -0.05) is 6.07 Å². The average Bonchev–Trinajstić information content (AvgIpc) is 3.16. The molecular weight excluding hydrogens is 412 g/mol. The van der Waals surface area contributed by atoms with Crippen LogP contribution in [0.1, 0.15) is 18.0 Å². The van der Waals surface area contributed by atoms with Gasteiger partial charge in [0.25, 0.3) is 0 Å². The largest absolute Gasteiger partial charge is 0.497 e. The first-order valence-corrected chi connectivity index (χ1v) is 10.5. The fourth-order valence-electron chi connectivity index (χ4n) is 4.29. The van der Waals surface area contributed by atoms with Crippen LogP contribution in [0.3, 0.4) is 0 Å². The Hall–Kier alpha value is -3.59. The van der Waals surface area contributed by atoms with Crippen LogP contribution in [0, 0.1) is 0 Å². The molecule has 9 nitrogen and oxygen atoms in total. The number of carbonyl (C=O) groups is 2. The molecule has 2 N–H and O–H groups in total. The van der Waals surface area contributed by atoms with Gasteiger partial charge in [0.1, 0.15) is 17.6 Å². The number of methoxy groups -OCH3 is 1. The van der Waals surface area contributed by atoms with Crippen molar-refractivity contribution in [1.82, 2.24) is 14.5 Å². The van der Waals surface area contributed by atoms with Crippen molar-refractivity contribution in [2.24, 2.45) is 0 Å². The molecular formula is C23H26N4O5. The van der Waals surface area contributed by atoms with E-state index in [0.717, 1.165) is 16.7 Å². The van der Waals surface area contributed by atoms with Gasteiger partial charge < -0.3 is 24.4 Å². The normalized spacial score (nSPS) is 15.6. The maximum Gasteiger partial charge on any atom is 0.325 e. The second kappa shape index (κ2) is 9.27. The van der Waals surface area contributed by atoms with Gasteiger partial charge in [0.15, 0.2) is 0 Å². The number of aryl methyl sites for hydroxylation is 1. The number of anilines is 1. The molecule has 9 heteroatoms. The number of carboxylic acid groups (broad SMARTS) is 2. The molecule has 1 aromatic carbocycles. The minimum atomic E-state index is -0.934. The third-order valence-corrected chi connectivity index (χ3v) is 5.87. The number of rotatable bonds is 8. The van der Waals surface area contributed by atoms with E-state index >= 15 is 0 Å². The molecule has 1 fully saturated rings. The first-order chi connectivity index (χ1) is 15.5. The molecule has 0 unspecified atom stereocenters. The van der Waals surface area contributed by atoms with Crippen molar-refractivity contribution in [3.05, 3.63) is 54.4 Å². The molecule has 1 aliphatic heterocycles. The number of benzene rings is 1. The number of ether oxygens (including phenoxy) is 1. The van der Waals surface area contributed by atoms with E-state index in [1.807, 2.05) is 39.8 Å². The molecule has 0 amide bonds. The summed E-state index contributed by atoms with van der Waals surface area (Å²) < 4.78 is 7.17. The summed E-state index contributed by atoms with van der Waals surface area (Å²) in [7, 11) is 1.56. The summed E-state index contributed by atoms with van der Waals surface area (Å²) in [4.78, 5) is 32.0. The van der Waals surface area contributed by atoms with E-state index in [9.17, 15) is 14.7 Å². The van der Waals surface area contributed by atoms with Crippen LogP contribution in [-0.2, 0) is 16.1 Å². The van der Waals surface area contributed by atoms with Crippen molar-refractivity contribution in [1.29, 1.82) is 0 Å². The van der Waals surface area contributed by atoms with Crippen LogP contribution in [0.2, 0.25) is 0 Å². The lowest BCUT2D eigenvalue weighted by Gasteiger charge is -2.38. The van der Waals surface area contributed by atoms with Crippen LogP contribution in [0.15, 0.2) is 48.8 Å². The zero-order valence-electron chi connectivity index (χ0n) is 17.8. The molecule has 0 saturated carbocycles. The van der Waals surface area contributed by atoms with E-state index in [2.05, 4.69) is 9.88 Å². The Bertz CT molecular complexity index is 1110. The van der Waals surface area contributed by atoms with E-state index in [1.54, 1.807) is 25.6 Å². The molecule has 32 heavy (non-hydrogen) atoms. The Kier molecular flexibility index (Phi) is 6.27. The summed E-state index contributed by atoms with van der Waals surface area (Å²) in [6.45, 7) is 2.74. The number of fused-ring (bicyclic) bond motifs is 1. The number of hydrogen-bond acceptors (Lipinski definition) is 6. The van der Waals surface area contributed by atoms with Gasteiger partial charge in [-0.05, 0) is 30.3 Å². The zero-order chi connectivity index (χ0) is 22.7. The monoisotopic (exact) mass is 438 g/mol. The van der Waals surface area contributed by atoms with Crippen molar-refractivity contribution >= 4 is 28.7 Å². The van der Waals surface area contributed by atoms with Crippen LogP contribution in [-0.4, -0.2) is 69.9 Å². The van der Waals surface area contributed by atoms with Crippen molar-refractivity contribution in [3.63, 3.8) is 0 Å². The van der Waals surface area contributed by atoms with Gasteiger partial charge in [-0.3, -0.25) is 14.5 Å². The SMILES string of the molecule is COc1ccc2c(c1)c([C@@H](C(=O)O)N1CCN(c3ccccn3)CC1)cn2CCC(=O)O. The van der Waals surface area contributed by atoms with E-state index < -0.39 is 18.0 Å². The fraction of sp³-hybridized carbons (Fsp3) is 0.348. The Morgan fingerprint density at radius 3 is 2.53 bits per heavy atom. The van der Waals surface area contributed by atoms with Gasteiger partial charge in [0.2, 0.25) is 0 Å². The predicted molar refractivity (Wildman–Crippen MR) is 119 cm³/mol. The van der Waals surface area contributed by atoms with Gasteiger partial charge in [0, 0.05) is 61.6 Å². The van der Waals surface area contributed by atoms with Crippen LogP contribution >= 0.6 is 0 Å². The van der Waals surface area contributed by atoms with Crippen LogP contribution < -0.4 is 9.64 Å². The highest BCUT2D eigenvalue weighted by Gasteiger charge is 2.33. The number of pyridine rings is 1. The number of aromatic nitrogens is 2. The van der Waals surface area contributed by atoms with Crippen LogP contribution in [0.5, 0.6) is 5.75 Å². The summed E-state index contributed by atoms with van der Waals surface area (Å²) >= 11 is 0. The second-order valence-electron chi connectivity index (χ2n) is 7.76. The first-order valence-electron chi connectivity index (χ1n) is 10.5. The van der Waals surface area contributed by atoms with E-state index in [1.165, 1.54) is 0 Å². The standard InChI is InChI=1S/C23H26N4O5/c1-32-16-5-6-19-17(14-16)18(15-27(19)9-7-21(28)29)22(23(30)31)26-12-10-25(11-13-26)20-4-2-3-8-24-20/h2-6,8,14-15,22H,7,9-13H2,1H3,(H,28,29)(H,30,31)/t22-/m0/s1. The van der Waals surface area contributed by atoms with Gasteiger partial charge in [-0.2, -0.15) is 0 Å². The topological polar surface area (TPSA) is 108 Å². The fourth-order valence-corrected chi connectivity index (χ4v) is 4.29. The molecule has 0 spiro atoms. The molecule has 1 atom stereocenters. The molecule has 2 aromatic heterocycles. The zero-order valence-corrected chi connectivity index (χ0v) is 17.8. The summed E-state index contributed by atoms with van der Waals surface area (Å²) in [5, 5.41) is 20.0. The molecule has 4 rings (SSSR count). The highest BCUT2D eigenvalue weighted by atomic mass is 16.5. The summed E-state index contributed by atoms with van der Waals surface area (Å²) in [6.07, 6.45) is 3.48. The summed E-state index contributed by atoms with van der Waals surface area (Å²) in [6, 6.07) is 10.4. The van der Waals surface area contributed by atoms with Crippen molar-refractivity contribution in [3.8, 4) is 5.75 Å². The lowest BCUT2D eigenvalue weighted by molar-refractivity contribution is -0.143. The van der Waals surface area contributed by atoms with Gasteiger partial charge in [-0.25, -0.2) is 4.98 Å². The minimum absolute atomic E-state index is 0.0459. The maximum absolute atomic E-state index is 12.4. The molecule has 0 bridgehead atoms. The van der Waals surface area contributed by atoms with E-state index in [-0.39, 0.29) is 13.0 Å². The maximum atomic E-state index is 12.4. The molecule has 168 valence electrons. The predicted octanol–water partition coefficient (Wildman–Crippen LogP) is 2.47. The van der Waals surface area contributed by atoms with Gasteiger partial charge in [0.05, 0.1) is 13.5 Å². The van der Waals surface area contributed by atoms with Crippen molar-refractivity contribution < 1.29 is 24.5 Å². The third-order valence-electron chi connectivity index (χ3n) is 5.87. The number of hydrogen-bond donors (Lipinski definition) is 2.